The number of ether oxygens (including phenoxy) is 1. The van der Waals surface area contributed by atoms with Gasteiger partial charge in [-0.1, -0.05) is 19.8 Å². The van der Waals surface area contributed by atoms with Crippen LogP contribution < -0.4 is 0 Å². The lowest BCUT2D eigenvalue weighted by molar-refractivity contribution is 0.0519. The van der Waals surface area contributed by atoms with Crippen molar-refractivity contribution >= 4 is 11.5 Å². The molecule has 0 aromatic carbocycles. The summed E-state index contributed by atoms with van der Waals surface area (Å²) >= 11 is 0. The molecule has 134 valence electrons. The van der Waals surface area contributed by atoms with Gasteiger partial charge in [0.15, 0.2) is 5.69 Å². The van der Waals surface area contributed by atoms with Gasteiger partial charge in [-0.3, -0.25) is 0 Å². The topological polar surface area (TPSA) is 44.1 Å². The van der Waals surface area contributed by atoms with Crippen LogP contribution in [0.4, 0.5) is 0 Å². The minimum atomic E-state index is -0.315. The second-order valence-electron chi connectivity index (χ2n) is 6.99. The summed E-state index contributed by atoms with van der Waals surface area (Å²) in [7, 11) is 0. The maximum absolute atomic E-state index is 12.3. The van der Waals surface area contributed by atoms with Crippen molar-refractivity contribution in [2.75, 3.05) is 6.61 Å². The van der Waals surface area contributed by atoms with Gasteiger partial charge in [-0.2, -0.15) is 0 Å². The van der Waals surface area contributed by atoms with Gasteiger partial charge in [-0.05, 0) is 63.3 Å². The number of fused-ring (bicyclic) bond motifs is 2. The van der Waals surface area contributed by atoms with Crippen LogP contribution in [0.15, 0.2) is 11.6 Å². The summed E-state index contributed by atoms with van der Waals surface area (Å²) < 4.78 is 7.62. The van der Waals surface area contributed by atoms with Crippen LogP contribution in [-0.4, -0.2) is 22.1 Å². The Balaban J connectivity index is 2.17. The van der Waals surface area contributed by atoms with Gasteiger partial charge in [-0.25, -0.2) is 9.78 Å². The van der Waals surface area contributed by atoms with E-state index >= 15 is 0 Å². The van der Waals surface area contributed by atoms with Crippen molar-refractivity contribution in [2.45, 2.75) is 66.8 Å². The van der Waals surface area contributed by atoms with Crippen LogP contribution in [0.2, 0.25) is 0 Å². The molecule has 0 saturated heterocycles. The van der Waals surface area contributed by atoms with Crippen molar-refractivity contribution < 1.29 is 9.53 Å². The van der Waals surface area contributed by atoms with Crippen molar-refractivity contribution in [3.8, 4) is 11.3 Å². The summed E-state index contributed by atoms with van der Waals surface area (Å²) in [5, 5.41) is 0. The van der Waals surface area contributed by atoms with Gasteiger partial charge in [0, 0.05) is 23.5 Å². The molecule has 0 aromatic rings. The third-order valence-corrected chi connectivity index (χ3v) is 5.30. The predicted octanol–water partition coefficient (Wildman–Crippen LogP) is 5.01. The smallest absolute Gasteiger partial charge is 0.357 e. The molecule has 0 radical (unpaired) electrons. The van der Waals surface area contributed by atoms with Crippen molar-refractivity contribution in [1.82, 2.24) is 9.55 Å². The molecule has 0 amide bonds. The zero-order valence-electron chi connectivity index (χ0n) is 16.0. The standard InChI is InChI=1S/C21H28N2O2/c1-6-8-9-10-17-19-15(5)20(21(24)25-7-2)22-16(19)11-18-14(4)13(3)12-23(17)18/h11H,6-10,12H2,1-5H3. The highest BCUT2D eigenvalue weighted by molar-refractivity contribution is 5.94. The van der Waals surface area contributed by atoms with Gasteiger partial charge in [0.2, 0.25) is 0 Å². The first-order valence-electron chi connectivity index (χ1n) is 9.36. The number of aromatic nitrogens is 2. The van der Waals surface area contributed by atoms with E-state index in [0.717, 1.165) is 36.2 Å². The quantitative estimate of drug-likeness (QED) is 0.548. The summed E-state index contributed by atoms with van der Waals surface area (Å²) in [5.74, 6) is -0.315. The van der Waals surface area contributed by atoms with Crippen LogP contribution in [0.3, 0.4) is 0 Å². The number of hydrogen-bond donors (Lipinski definition) is 0. The Bertz CT molecular complexity index is 814. The third kappa shape index (κ3) is 2.99. The summed E-state index contributed by atoms with van der Waals surface area (Å²) in [6.07, 6.45) is 4.60. The normalized spacial score (nSPS) is 13.6. The number of pyridine rings is 1. The Morgan fingerprint density at radius 1 is 1.24 bits per heavy atom. The zero-order valence-corrected chi connectivity index (χ0v) is 16.0. The van der Waals surface area contributed by atoms with Crippen LogP contribution in [0.5, 0.6) is 0 Å². The second kappa shape index (κ2) is 7.03. The minimum absolute atomic E-state index is 0.315. The van der Waals surface area contributed by atoms with E-state index < -0.39 is 0 Å². The monoisotopic (exact) mass is 340 g/mol. The van der Waals surface area contributed by atoms with Gasteiger partial charge in [0.25, 0.3) is 0 Å². The fourth-order valence-electron chi connectivity index (χ4n) is 3.79. The number of hydrogen-bond acceptors (Lipinski definition) is 3. The van der Waals surface area contributed by atoms with E-state index in [-0.39, 0.29) is 5.97 Å². The molecule has 3 rings (SSSR count). The number of allylic oxidation sites excluding steroid dienone is 2. The molecule has 0 aliphatic carbocycles. The van der Waals surface area contributed by atoms with Gasteiger partial charge < -0.3 is 9.30 Å². The molecule has 25 heavy (non-hydrogen) atoms. The Morgan fingerprint density at radius 3 is 2.68 bits per heavy atom. The average Bonchev–Trinajstić information content (AvgIpc) is 3.06. The summed E-state index contributed by atoms with van der Waals surface area (Å²) in [6, 6.07) is 2.14. The largest absolute Gasteiger partial charge is 0.461 e. The van der Waals surface area contributed by atoms with Gasteiger partial charge >= 0.3 is 5.97 Å². The molecule has 0 N–H and O–H groups in total. The number of carbonyl (C=O) groups is 1. The van der Waals surface area contributed by atoms with Crippen molar-refractivity contribution in [3.05, 3.63) is 34.3 Å². The molecule has 0 fully saturated rings. The van der Waals surface area contributed by atoms with Crippen molar-refractivity contribution in [1.29, 1.82) is 0 Å². The lowest BCUT2D eigenvalue weighted by Gasteiger charge is -2.18. The van der Waals surface area contributed by atoms with E-state index in [9.17, 15) is 4.79 Å². The Hall–Kier alpha value is -2.10. The molecule has 4 nitrogen and oxygen atoms in total. The van der Waals surface area contributed by atoms with E-state index in [1.54, 1.807) is 0 Å². The highest BCUT2D eigenvalue weighted by atomic mass is 16.5. The first-order valence-corrected chi connectivity index (χ1v) is 9.36. The van der Waals surface area contributed by atoms with Crippen LogP contribution in [0.1, 0.15) is 74.4 Å². The van der Waals surface area contributed by atoms with E-state index in [0.29, 0.717) is 12.3 Å². The molecule has 3 aliphatic rings. The van der Waals surface area contributed by atoms with E-state index in [2.05, 4.69) is 36.4 Å². The molecule has 3 heterocycles. The Morgan fingerprint density at radius 2 is 2.00 bits per heavy atom. The number of esters is 1. The van der Waals surface area contributed by atoms with Gasteiger partial charge in [0.1, 0.15) is 0 Å². The van der Waals surface area contributed by atoms with Crippen LogP contribution in [-0.2, 0) is 17.7 Å². The highest BCUT2D eigenvalue weighted by Gasteiger charge is 2.28. The summed E-state index contributed by atoms with van der Waals surface area (Å²) in [6.45, 7) is 11.7. The minimum Gasteiger partial charge on any atom is -0.461 e. The van der Waals surface area contributed by atoms with Gasteiger partial charge in [-0.15, -0.1) is 0 Å². The molecule has 3 aliphatic heterocycles. The SMILES string of the molecule is CCCCCc1c2c(C)c(C(=O)OCC)nc-2cc2n1CC(C)=C2C. The summed E-state index contributed by atoms with van der Waals surface area (Å²) in [5.41, 5.74) is 8.79. The molecular weight excluding hydrogens is 312 g/mol. The Labute approximate surface area is 150 Å². The van der Waals surface area contributed by atoms with Crippen LogP contribution in [0.25, 0.3) is 16.8 Å². The second-order valence-corrected chi connectivity index (χ2v) is 6.99. The van der Waals surface area contributed by atoms with E-state index in [1.165, 1.54) is 35.4 Å². The molecule has 0 spiro atoms. The molecule has 0 aromatic heterocycles. The fraction of sp³-hybridized carbons (Fsp3) is 0.524. The molecule has 0 unspecified atom stereocenters. The molecular formula is C21H28N2O2. The predicted molar refractivity (Wildman–Crippen MR) is 101 cm³/mol. The number of carbonyl (C=O) groups excluding carboxylic acids is 1. The molecule has 4 heteroatoms. The van der Waals surface area contributed by atoms with Crippen molar-refractivity contribution in [2.24, 2.45) is 0 Å². The third-order valence-electron chi connectivity index (χ3n) is 5.30. The van der Waals surface area contributed by atoms with Crippen LogP contribution >= 0.6 is 0 Å². The van der Waals surface area contributed by atoms with Gasteiger partial charge in [0.05, 0.1) is 12.3 Å². The fourth-order valence-corrected chi connectivity index (χ4v) is 3.79. The Kier molecular flexibility index (Phi) is 4.98. The number of rotatable bonds is 6. The lowest BCUT2D eigenvalue weighted by atomic mass is 9.99. The zero-order chi connectivity index (χ0) is 18.1. The molecule has 0 saturated carbocycles. The van der Waals surface area contributed by atoms with Crippen LogP contribution in [0, 0.1) is 6.92 Å². The maximum atomic E-state index is 12.3. The average molecular weight is 340 g/mol. The molecule has 0 bridgehead atoms. The highest BCUT2D eigenvalue weighted by Crippen LogP contribution is 2.39. The number of nitrogens with zero attached hydrogens (tertiary/aromatic N) is 2. The summed E-state index contributed by atoms with van der Waals surface area (Å²) in [4.78, 5) is 16.9. The number of unbranched alkanes of at least 4 members (excludes halogenated alkanes) is 2. The first-order chi connectivity index (χ1) is 12.0. The lowest BCUT2D eigenvalue weighted by Crippen LogP contribution is -2.10. The van der Waals surface area contributed by atoms with E-state index in [1.807, 2.05) is 13.8 Å². The molecule has 0 atom stereocenters. The van der Waals surface area contributed by atoms with E-state index in [4.69, 9.17) is 4.74 Å². The first kappa shape index (κ1) is 17.7. The van der Waals surface area contributed by atoms with Crippen molar-refractivity contribution in [3.63, 3.8) is 0 Å². The maximum Gasteiger partial charge on any atom is 0.357 e.